The molecule has 3 atom stereocenters. The average molecular weight is 310 g/mol. The summed E-state index contributed by atoms with van der Waals surface area (Å²) in [6, 6.07) is 9.76. The molecule has 3 heteroatoms. The molecule has 1 N–H and O–H groups in total. The maximum atomic E-state index is 3.57. The van der Waals surface area contributed by atoms with E-state index >= 15 is 0 Å². The monoisotopic (exact) mass is 309 g/mol. The van der Waals surface area contributed by atoms with Crippen molar-refractivity contribution in [3.05, 3.63) is 35.4 Å². The summed E-state index contributed by atoms with van der Waals surface area (Å²) < 4.78 is 0. The molecule has 1 aliphatic rings. The standard InChI is InChI=1S/C17H27NS2/c1-4-6-13-7-9-14(10-8-13)16(18-3)17-15(5-2)19-11-12-20-17/h7-10,15-18H,4-6,11-12H2,1-3H3. The van der Waals surface area contributed by atoms with Crippen LogP contribution in [-0.2, 0) is 6.42 Å². The number of rotatable bonds is 6. The second-order valence-corrected chi connectivity index (χ2v) is 8.04. The fourth-order valence-corrected chi connectivity index (χ4v) is 6.24. The summed E-state index contributed by atoms with van der Waals surface area (Å²) in [5.41, 5.74) is 2.91. The Kier molecular flexibility index (Phi) is 6.79. The molecule has 112 valence electrons. The average Bonchev–Trinajstić information content (AvgIpc) is 2.50. The van der Waals surface area contributed by atoms with Gasteiger partial charge in [0.2, 0.25) is 0 Å². The third-order valence-corrected chi connectivity index (χ3v) is 7.36. The van der Waals surface area contributed by atoms with Gasteiger partial charge in [-0.2, -0.15) is 23.5 Å². The lowest BCUT2D eigenvalue weighted by molar-refractivity contribution is 0.543. The Hall–Kier alpha value is -0.120. The Labute approximate surface area is 132 Å². The van der Waals surface area contributed by atoms with Crippen molar-refractivity contribution in [1.82, 2.24) is 5.32 Å². The maximum Gasteiger partial charge on any atom is 0.0448 e. The van der Waals surface area contributed by atoms with Gasteiger partial charge in [-0.05, 0) is 31.0 Å². The minimum absolute atomic E-state index is 0.480. The van der Waals surface area contributed by atoms with Crippen LogP contribution in [0.3, 0.4) is 0 Å². The predicted octanol–water partition coefficient (Wildman–Crippen LogP) is 4.53. The number of hydrogen-bond acceptors (Lipinski definition) is 3. The van der Waals surface area contributed by atoms with E-state index in [-0.39, 0.29) is 0 Å². The SMILES string of the molecule is CCCc1ccc(C(NC)C2SCCSC2CC)cc1. The Morgan fingerprint density at radius 1 is 1.15 bits per heavy atom. The molecule has 0 bridgehead atoms. The van der Waals surface area contributed by atoms with Crippen LogP contribution in [0, 0.1) is 0 Å². The zero-order valence-corrected chi connectivity index (χ0v) is 14.5. The highest BCUT2D eigenvalue weighted by Crippen LogP contribution is 2.40. The number of hydrogen-bond donors (Lipinski definition) is 1. The van der Waals surface area contributed by atoms with Crippen LogP contribution in [0.25, 0.3) is 0 Å². The maximum absolute atomic E-state index is 3.57. The fourth-order valence-electron chi connectivity index (χ4n) is 2.95. The molecule has 1 heterocycles. The van der Waals surface area contributed by atoms with Crippen molar-refractivity contribution in [3.8, 4) is 0 Å². The van der Waals surface area contributed by atoms with Crippen molar-refractivity contribution in [3.63, 3.8) is 0 Å². The molecule has 0 aliphatic carbocycles. The summed E-state index contributed by atoms with van der Waals surface area (Å²) in [6.45, 7) is 4.57. The van der Waals surface area contributed by atoms with E-state index in [0.717, 1.165) is 5.25 Å². The largest absolute Gasteiger partial charge is 0.312 e. The molecule has 0 saturated carbocycles. The predicted molar refractivity (Wildman–Crippen MR) is 95.0 cm³/mol. The molecular formula is C17H27NS2. The van der Waals surface area contributed by atoms with Crippen LogP contribution in [-0.4, -0.2) is 29.1 Å². The minimum Gasteiger partial charge on any atom is -0.312 e. The first-order chi connectivity index (χ1) is 9.80. The zero-order valence-electron chi connectivity index (χ0n) is 12.9. The van der Waals surface area contributed by atoms with Crippen LogP contribution >= 0.6 is 23.5 Å². The molecule has 0 radical (unpaired) electrons. The van der Waals surface area contributed by atoms with Gasteiger partial charge >= 0.3 is 0 Å². The van der Waals surface area contributed by atoms with Crippen LogP contribution in [0.5, 0.6) is 0 Å². The Balaban J connectivity index is 2.13. The van der Waals surface area contributed by atoms with Crippen molar-refractivity contribution < 1.29 is 0 Å². The van der Waals surface area contributed by atoms with Crippen molar-refractivity contribution in [1.29, 1.82) is 0 Å². The van der Waals surface area contributed by atoms with Gasteiger partial charge in [-0.3, -0.25) is 0 Å². The first-order valence-electron chi connectivity index (χ1n) is 7.79. The van der Waals surface area contributed by atoms with Gasteiger partial charge in [0.15, 0.2) is 0 Å². The van der Waals surface area contributed by atoms with Gasteiger partial charge < -0.3 is 5.32 Å². The van der Waals surface area contributed by atoms with E-state index in [1.807, 2.05) is 0 Å². The van der Waals surface area contributed by atoms with Crippen LogP contribution in [0.2, 0.25) is 0 Å². The highest BCUT2D eigenvalue weighted by molar-refractivity contribution is 8.07. The molecule has 0 amide bonds. The molecule has 1 aliphatic heterocycles. The first kappa shape index (κ1) is 16.3. The molecule has 20 heavy (non-hydrogen) atoms. The second-order valence-electron chi connectivity index (χ2n) is 5.41. The fraction of sp³-hybridized carbons (Fsp3) is 0.647. The van der Waals surface area contributed by atoms with Gasteiger partial charge in [0.05, 0.1) is 0 Å². The van der Waals surface area contributed by atoms with Crippen LogP contribution < -0.4 is 5.32 Å². The minimum atomic E-state index is 0.480. The molecule has 1 aromatic rings. The Bertz CT molecular complexity index is 390. The summed E-state index contributed by atoms with van der Waals surface area (Å²) in [5.74, 6) is 2.60. The van der Waals surface area contributed by atoms with Crippen molar-refractivity contribution >= 4 is 23.5 Å². The van der Waals surface area contributed by atoms with E-state index in [1.165, 1.54) is 41.9 Å². The lowest BCUT2D eigenvalue weighted by Crippen LogP contribution is -2.37. The highest BCUT2D eigenvalue weighted by atomic mass is 32.2. The summed E-state index contributed by atoms with van der Waals surface area (Å²) >= 11 is 4.31. The van der Waals surface area contributed by atoms with Crippen molar-refractivity contribution in [2.45, 2.75) is 49.7 Å². The molecule has 3 unspecified atom stereocenters. The van der Waals surface area contributed by atoms with Gasteiger partial charge in [0.25, 0.3) is 0 Å². The summed E-state index contributed by atoms with van der Waals surface area (Å²) in [5, 5.41) is 5.04. The van der Waals surface area contributed by atoms with Crippen LogP contribution in [0.15, 0.2) is 24.3 Å². The molecule has 1 fully saturated rings. The first-order valence-corrected chi connectivity index (χ1v) is 9.89. The number of aryl methyl sites for hydroxylation is 1. The van der Waals surface area contributed by atoms with E-state index in [2.05, 4.69) is 74.0 Å². The molecule has 0 aromatic heterocycles. The quantitative estimate of drug-likeness (QED) is 0.829. The van der Waals surface area contributed by atoms with Gasteiger partial charge in [0, 0.05) is 28.0 Å². The molecule has 1 nitrogen and oxygen atoms in total. The third kappa shape index (κ3) is 3.96. The summed E-state index contributed by atoms with van der Waals surface area (Å²) in [6.07, 6.45) is 3.69. The number of thioether (sulfide) groups is 2. The number of nitrogens with one attached hydrogen (secondary N) is 1. The molecule has 1 saturated heterocycles. The third-order valence-electron chi connectivity index (χ3n) is 4.01. The van der Waals surface area contributed by atoms with E-state index in [0.29, 0.717) is 11.3 Å². The van der Waals surface area contributed by atoms with Gasteiger partial charge in [-0.15, -0.1) is 0 Å². The smallest absolute Gasteiger partial charge is 0.0448 e. The van der Waals surface area contributed by atoms with Crippen molar-refractivity contribution in [2.24, 2.45) is 0 Å². The Morgan fingerprint density at radius 3 is 2.45 bits per heavy atom. The van der Waals surface area contributed by atoms with Gasteiger partial charge in [-0.25, -0.2) is 0 Å². The van der Waals surface area contributed by atoms with Crippen molar-refractivity contribution in [2.75, 3.05) is 18.6 Å². The lowest BCUT2D eigenvalue weighted by Gasteiger charge is -2.36. The van der Waals surface area contributed by atoms with E-state index in [4.69, 9.17) is 0 Å². The second kappa shape index (κ2) is 8.35. The summed E-state index contributed by atoms with van der Waals surface area (Å²) in [4.78, 5) is 0. The normalized spacial score (nSPS) is 24.6. The molecular weight excluding hydrogens is 282 g/mol. The summed E-state index contributed by atoms with van der Waals surface area (Å²) in [7, 11) is 2.11. The van der Waals surface area contributed by atoms with E-state index in [1.54, 1.807) is 0 Å². The van der Waals surface area contributed by atoms with E-state index < -0.39 is 0 Å². The topological polar surface area (TPSA) is 12.0 Å². The highest BCUT2D eigenvalue weighted by Gasteiger charge is 2.32. The number of benzene rings is 1. The van der Waals surface area contributed by atoms with Crippen LogP contribution in [0.1, 0.15) is 43.9 Å². The molecule has 2 rings (SSSR count). The molecule has 1 aromatic carbocycles. The zero-order chi connectivity index (χ0) is 14.4. The van der Waals surface area contributed by atoms with Gasteiger partial charge in [-0.1, -0.05) is 44.5 Å². The Morgan fingerprint density at radius 2 is 1.85 bits per heavy atom. The van der Waals surface area contributed by atoms with Gasteiger partial charge in [0.1, 0.15) is 0 Å². The lowest BCUT2D eigenvalue weighted by atomic mass is 9.98. The molecule has 0 spiro atoms. The van der Waals surface area contributed by atoms with E-state index in [9.17, 15) is 0 Å². The van der Waals surface area contributed by atoms with Crippen LogP contribution in [0.4, 0.5) is 0 Å².